The Kier molecular flexibility index (Phi) is 3.96. The summed E-state index contributed by atoms with van der Waals surface area (Å²) in [6.07, 6.45) is -2.71. The molecule has 1 atom stereocenters. The highest BCUT2D eigenvalue weighted by atomic mass is 19.3. The van der Waals surface area contributed by atoms with E-state index < -0.39 is 30.0 Å². The number of aliphatic carboxylic acids is 1. The largest absolute Gasteiger partial charge is 0.477 e. The topological polar surface area (TPSA) is 66.8 Å². The highest BCUT2D eigenvalue weighted by Crippen LogP contribution is 2.26. The maximum absolute atomic E-state index is 12.7. The number of alkyl halides is 2. The minimum absolute atomic E-state index is 0.456. The number of aliphatic hydroxyl groups is 1. The zero-order valence-electron chi connectivity index (χ0n) is 8.25. The van der Waals surface area contributed by atoms with Crippen molar-refractivity contribution in [2.45, 2.75) is 37.9 Å². The van der Waals surface area contributed by atoms with Crippen LogP contribution in [0.3, 0.4) is 0 Å². The molecule has 2 N–H and O–H groups in total. The van der Waals surface area contributed by atoms with Crippen LogP contribution < -0.4 is 0 Å². The van der Waals surface area contributed by atoms with Gasteiger partial charge in [0.1, 0.15) is 6.10 Å². The van der Waals surface area contributed by atoms with Crippen LogP contribution in [0.1, 0.15) is 20.3 Å². The Balaban J connectivity index is 4.49. The van der Waals surface area contributed by atoms with Crippen LogP contribution in [0.15, 0.2) is 0 Å². The molecule has 14 heavy (non-hydrogen) atoms. The van der Waals surface area contributed by atoms with Crippen molar-refractivity contribution in [3.05, 3.63) is 0 Å². The Bertz CT molecular complexity index is 215. The van der Waals surface area contributed by atoms with Gasteiger partial charge in [0.25, 0.3) is 0 Å². The third-order valence-corrected chi connectivity index (χ3v) is 1.94. The molecule has 0 spiro atoms. The first-order valence-electron chi connectivity index (χ1n) is 3.98. The van der Waals surface area contributed by atoms with Crippen molar-refractivity contribution in [2.24, 2.45) is 0 Å². The molecule has 0 aliphatic heterocycles. The molecule has 6 heteroatoms. The van der Waals surface area contributed by atoms with Crippen molar-refractivity contribution in [3.63, 3.8) is 0 Å². The smallest absolute Gasteiger partial charge is 0.377 e. The van der Waals surface area contributed by atoms with Gasteiger partial charge >= 0.3 is 11.9 Å². The molecule has 0 saturated heterocycles. The third kappa shape index (κ3) is 3.19. The number of carbonyl (C=O) groups is 1. The first-order valence-corrected chi connectivity index (χ1v) is 3.98. The number of halogens is 2. The van der Waals surface area contributed by atoms with Crippen LogP contribution >= 0.6 is 0 Å². The number of methoxy groups -OCH3 is 1. The summed E-state index contributed by atoms with van der Waals surface area (Å²) in [5.74, 6) is -6.48. The van der Waals surface area contributed by atoms with Crippen molar-refractivity contribution >= 4 is 5.97 Å². The van der Waals surface area contributed by atoms with Crippen LogP contribution in [0, 0.1) is 0 Å². The number of rotatable bonds is 5. The molecule has 0 saturated carbocycles. The van der Waals surface area contributed by atoms with Gasteiger partial charge in [-0.05, 0) is 13.8 Å². The molecule has 0 aromatic rings. The highest BCUT2D eigenvalue weighted by molar-refractivity contribution is 5.76. The van der Waals surface area contributed by atoms with E-state index in [0.717, 1.165) is 0 Å². The lowest BCUT2D eigenvalue weighted by Gasteiger charge is -2.28. The number of hydrogen-bond donors (Lipinski definition) is 2. The lowest BCUT2D eigenvalue weighted by atomic mass is 9.97. The first-order chi connectivity index (χ1) is 6.13. The summed E-state index contributed by atoms with van der Waals surface area (Å²) in [6, 6.07) is 0. The standard InChI is InChI=1S/C8H14F2O4/c1-7(2,14-3)4-5(11)8(9,10)6(12)13/h5,11H,4H2,1-3H3,(H,12,13). The predicted molar refractivity (Wildman–Crippen MR) is 44.3 cm³/mol. The van der Waals surface area contributed by atoms with Crippen LogP contribution in [0.25, 0.3) is 0 Å². The molecule has 1 unspecified atom stereocenters. The minimum Gasteiger partial charge on any atom is -0.477 e. The molecule has 0 bridgehead atoms. The van der Waals surface area contributed by atoms with E-state index in [-0.39, 0.29) is 0 Å². The van der Waals surface area contributed by atoms with Gasteiger partial charge in [-0.1, -0.05) is 0 Å². The van der Waals surface area contributed by atoms with Gasteiger partial charge in [-0.15, -0.1) is 0 Å². The van der Waals surface area contributed by atoms with E-state index in [4.69, 9.17) is 14.9 Å². The van der Waals surface area contributed by atoms with E-state index in [2.05, 4.69) is 0 Å². The SMILES string of the molecule is COC(C)(C)CC(O)C(F)(F)C(=O)O. The van der Waals surface area contributed by atoms with Gasteiger partial charge in [-0.3, -0.25) is 0 Å². The second kappa shape index (κ2) is 4.18. The summed E-state index contributed by atoms with van der Waals surface area (Å²) >= 11 is 0. The summed E-state index contributed by atoms with van der Waals surface area (Å²) in [5.41, 5.74) is -0.988. The fourth-order valence-electron chi connectivity index (χ4n) is 0.820. The average molecular weight is 212 g/mol. The summed E-state index contributed by atoms with van der Waals surface area (Å²) in [5, 5.41) is 17.1. The van der Waals surface area contributed by atoms with Crippen molar-refractivity contribution in [1.29, 1.82) is 0 Å². The van der Waals surface area contributed by atoms with Crippen LogP contribution in [0.4, 0.5) is 8.78 Å². The van der Waals surface area contributed by atoms with Gasteiger partial charge in [-0.25, -0.2) is 4.79 Å². The summed E-state index contributed by atoms with van der Waals surface area (Å²) in [6.45, 7) is 2.96. The molecular formula is C8H14F2O4. The number of ether oxygens (including phenoxy) is 1. The molecular weight excluding hydrogens is 198 g/mol. The average Bonchev–Trinajstić information content (AvgIpc) is 2.03. The van der Waals surface area contributed by atoms with Gasteiger partial charge in [0.15, 0.2) is 0 Å². The molecule has 0 aliphatic rings. The lowest BCUT2D eigenvalue weighted by Crippen LogP contribution is -2.45. The van der Waals surface area contributed by atoms with Crippen LogP contribution in [0.2, 0.25) is 0 Å². The zero-order chi connectivity index (χ0) is 11.6. The Hall–Kier alpha value is -0.750. The van der Waals surface area contributed by atoms with Gasteiger partial charge in [0, 0.05) is 13.5 Å². The van der Waals surface area contributed by atoms with Crippen LogP contribution in [-0.4, -0.2) is 40.9 Å². The van der Waals surface area contributed by atoms with Crippen molar-refractivity contribution < 1.29 is 28.5 Å². The molecule has 0 aromatic carbocycles. The second-order valence-electron chi connectivity index (χ2n) is 3.61. The van der Waals surface area contributed by atoms with E-state index in [9.17, 15) is 13.6 Å². The number of aliphatic hydroxyl groups excluding tert-OH is 1. The summed E-state index contributed by atoms with van der Waals surface area (Å²) < 4.78 is 30.2. The molecule has 0 radical (unpaired) electrons. The van der Waals surface area contributed by atoms with Gasteiger partial charge < -0.3 is 14.9 Å². The summed E-state index contributed by atoms with van der Waals surface area (Å²) in [7, 11) is 1.30. The Morgan fingerprint density at radius 3 is 2.21 bits per heavy atom. The van der Waals surface area contributed by atoms with Crippen molar-refractivity contribution in [2.75, 3.05) is 7.11 Å². The molecule has 0 amide bonds. The third-order valence-electron chi connectivity index (χ3n) is 1.94. The van der Waals surface area contributed by atoms with Gasteiger partial charge in [0.2, 0.25) is 0 Å². The molecule has 4 nitrogen and oxygen atoms in total. The minimum atomic E-state index is -4.14. The zero-order valence-corrected chi connectivity index (χ0v) is 8.25. The summed E-state index contributed by atoms with van der Waals surface area (Å²) in [4.78, 5) is 10.1. The van der Waals surface area contributed by atoms with E-state index in [0.29, 0.717) is 0 Å². The number of hydrogen-bond acceptors (Lipinski definition) is 3. The number of carboxylic acid groups (broad SMARTS) is 1. The predicted octanol–water partition coefficient (Wildman–Crippen LogP) is 0.882. The second-order valence-corrected chi connectivity index (χ2v) is 3.61. The van der Waals surface area contributed by atoms with Gasteiger partial charge in [-0.2, -0.15) is 8.78 Å². The fraction of sp³-hybridized carbons (Fsp3) is 0.875. The quantitative estimate of drug-likeness (QED) is 0.710. The van der Waals surface area contributed by atoms with E-state index in [1.165, 1.54) is 21.0 Å². The molecule has 84 valence electrons. The molecule has 0 aliphatic carbocycles. The Labute approximate surface area is 80.5 Å². The van der Waals surface area contributed by atoms with E-state index in [1.54, 1.807) is 0 Å². The van der Waals surface area contributed by atoms with E-state index in [1.807, 2.05) is 0 Å². The van der Waals surface area contributed by atoms with Crippen molar-refractivity contribution in [1.82, 2.24) is 0 Å². The number of carboxylic acids is 1. The van der Waals surface area contributed by atoms with Crippen molar-refractivity contribution in [3.8, 4) is 0 Å². The van der Waals surface area contributed by atoms with Gasteiger partial charge in [0.05, 0.1) is 5.60 Å². The van der Waals surface area contributed by atoms with Crippen LogP contribution in [0.5, 0.6) is 0 Å². The maximum atomic E-state index is 12.7. The first kappa shape index (κ1) is 13.2. The normalized spacial score (nSPS) is 15.3. The maximum Gasteiger partial charge on any atom is 0.377 e. The monoisotopic (exact) mass is 212 g/mol. The van der Waals surface area contributed by atoms with Crippen LogP contribution in [-0.2, 0) is 9.53 Å². The van der Waals surface area contributed by atoms with E-state index >= 15 is 0 Å². The lowest BCUT2D eigenvalue weighted by molar-refractivity contribution is -0.187. The highest BCUT2D eigenvalue weighted by Gasteiger charge is 2.48. The molecule has 0 rings (SSSR count). The fourth-order valence-corrected chi connectivity index (χ4v) is 0.820. The Morgan fingerprint density at radius 1 is 1.50 bits per heavy atom. The molecule has 0 heterocycles. The molecule has 0 fully saturated rings. The Morgan fingerprint density at radius 2 is 1.93 bits per heavy atom. The molecule has 0 aromatic heterocycles.